The van der Waals surface area contributed by atoms with Gasteiger partial charge in [0.2, 0.25) is 0 Å². The minimum atomic E-state index is -0.211. The third kappa shape index (κ3) is 2.30. The zero-order chi connectivity index (χ0) is 13.9. The average molecular weight is 269 g/mol. The number of hydrogen-bond donors (Lipinski definition) is 2. The number of benzene rings is 1. The highest BCUT2D eigenvalue weighted by Crippen LogP contribution is 2.31. The van der Waals surface area contributed by atoms with E-state index in [1.54, 1.807) is 12.3 Å². The Hall–Kier alpha value is -2.56. The predicted molar refractivity (Wildman–Crippen MR) is 75.4 cm³/mol. The molecule has 0 spiro atoms. The van der Waals surface area contributed by atoms with Gasteiger partial charge in [-0.15, -0.1) is 0 Å². The second-order valence-electron chi connectivity index (χ2n) is 4.66. The molecule has 0 saturated carbocycles. The minimum absolute atomic E-state index is 0.0629. The van der Waals surface area contributed by atoms with Gasteiger partial charge in [0.25, 0.3) is 5.91 Å². The molecule has 0 fully saturated rings. The van der Waals surface area contributed by atoms with Crippen molar-refractivity contribution in [2.45, 2.75) is 12.5 Å². The maximum atomic E-state index is 12.3. The number of amides is 1. The van der Waals surface area contributed by atoms with E-state index >= 15 is 0 Å². The fourth-order valence-electron chi connectivity index (χ4n) is 2.32. The maximum absolute atomic E-state index is 12.3. The summed E-state index contributed by atoms with van der Waals surface area (Å²) >= 11 is 0. The summed E-state index contributed by atoms with van der Waals surface area (Å²) in [4.78, 5) is 16.2. The molecule has 1 aromatic heterocycles. The first-order valence-electron chi connectivity index (χ1n) is 6.48. The fourth-order valence-corrected chi connectivity index (χ4v) is 2.32. The molecule has 3 N–H and O–H groups in total. The number of fused-ring (bicyclic) bond motifs is 1. The van der Waals surface area contributed by atoms with Crippen molar-refractivity contribution in [3.63, 3.8) is 0 Å². The van der Waals surface area contributed by atoms with Gasteiger partial charge < -0.3 is 15.8 Å². The molecule has 1 amide bonds. The van der Waals surface area contributed by atoms with Crippen LogP contribution in [0, 0.1) is 0 Å². The van der Waals surface area contributed by atoms with Crippen LogP contribution in [0.25, 0.3) is 0 Å². The van der Waals surface area contributed by atoms with Crippen LogP contribution in [0.2, 0.25) is 0 Å². The average Bonchev–Trinajstić information content (AvgIpc) is 2.48. The minimum Gasteiger partial charge on any atom is -0.493 e. The first kappa shape index (κ1) is 12.5. The van der Waals surface area contributed by atoms with Crippen molar-refractivity contribution in [1.82, 2.24) is 10.3 Å². The molecule has 20 heavy (non-hydrogen) atoms. The summed E-state index contributed by atoms with van der Waals surface area (Å²) < 4.78 is 5.58. The first-order valence-corrected chi connectivity index (χ1v) is 6.48. The lowest BCUT2D eigenvalue weighted by molar-refractivity contribution is 0.0925. The van der Waals surface area contributed by atoms with Crippen LogP contribution < -0.4 is 15.8 Å². The number of hydrogen-bond acceptors (Lipinski definition) is 4. The molecule has 0 bridgehead atoms. The molecular weight excluding hydrogens is 254 g/mol. The van der Waals surface area contributed by atoms with Crippen LogP contribution >= 0.6 is 0 Å². The zero-order valence-corrected chi connectivity index (χ0v) is 10.9. The summed E-state index contributed by atoms with van der Waals surface area (Å²) in [6.45, 7) is 0.588. The predicted octanol–water partition coefficient (Wildman–Crippen LogP) is 1.92. The number of anilines is 1. The lowest BCUT2D eigenvalue weighted by Crippen LogP contribution is -2.32. The molecule has 0 aliphatic carbocycles. The van der Waals surface area contributed by atoms with Gasteiger partial charge in [0.1, 0.15) is 5.75 Å². The number of para-hydroxylation sites is 1. The zero-order valence-electron chi connectivity index (χ0n) is 10.9. The second-order valence-corrected chi connectivity index (χ2v) is 4.66. The van der Waals surface area contributed by atoms with Gasteiger partial charge >= 0.3 is 0 Å². The van der Waals surface area contributed by atoms with Crippen LogP contribution in [0.4, 0.5) is 5.69 Å². The number of carbonyl (C=O) groups is 1. The van der Waals surface area contributed by atoms with Gasteiger partial charge in [0.05, 0.1) is 18.2 Å². The summed E-state index contributed by atoms with van der Waals surface area (Å²) in [6.07, 6.45) is 3.79. The highest BCUT2D eigenvalue weighted by molar-refractivity contribution is 5.98. The third-order valence-corrected chi connectivity index (χ3v) is 3.36. The molecule has 2 aromatic rings. The Morgan fingerprint density at radius 1 is 1.35 bits per heavy atom. The lowest BCUT2D eigenvalue weighted by Gasteiger charge is -2.26. The third-order valence-electron chi connectivity index (χ3n) is 3.36. The summed E-state index contributed by atoms with van der Waals surface area (Å²) in [6, 6.07) is 9.28. The van der Waals surface area contributed by atoms with Crippen molar-refractivity contribution < 1.29 is 9.53 Å². The van der Waals surface area contributed by atoms with Crippen LogP contribution in [0.3, 0.4) is 0 Å². The van der Waals surface area contributed by atoms with Crippen molar-refractivity contribution in [3.05, 3.63) is 53.9 Å². The highest BCUT2D eigenvalue weighted by atomic mass is 16.5. The van der Waals surface area contributed by atoms with Crippen molar-refractivity contribution in [2.75, 3.05) is 12.3 Å². The maximum Gasteiger partial charge on any atom is 0.255 e. The Bertz CT molecular complexity index is 643. The van der Waals surface area contributed by atoms with Gasteiger partial charge in [0.15, 0.2) is 0 Å². The summed E-state index contributed by atoms with van der Waals surface area (Å²) in [5.41, 5.74) is 7.62. The van der Waals surface area contributed by atoms with E-state index in [1.165, 1.54) is 6.20 Å². The van der Waals surface area contributed by atoms with E-state index < -0.39 is 0 Å². The van der Waals surface area contributed by atoms with Crippen molar-refractivity contribution in [3.8, 4) is 5.75 Å². The topological polar surface area (TPSA) is 77.2 Å². The Labute approximate surface area is 116 Å². The van der Waals surface area contributed by atoms with E-state index in [1.807, 2.05) is 24.3 Å². The Kier molecular flexibility index (Phi) is 3.25. The number of nitrogens with one attached hydrogen (secondary N) is 1. The summed E-state index contributed by atoms with van der Waals surface area (Å²) in [7, 11) is 0. The van der Waals surface area contributed by atoms with Gasteiger partial charge in [-0.05, 0) is 12.1 Å². The van der Waals surface area contributed by atoms with E-state index in [4.69, 9.17) is 10.5 Å². The monoisotopic (exact) mass is 269 g/mol. The van der Waals surface area contributed by atoms with Gasteiger partial charge in [-0.25, -0.2) is 0 Å². The normalized spacial score (nSPS) is 16.9. The Morgan fingerprint density at radius 2 is 2.20 bits per heavy atom. The largest absolute Gasteiger partial charge is 0.493 e. The molecular formula is C15H15N3O2. The van der Waals surface area contributed by atoms with Gasteiger partial charge in [-0.3, -0.25) is 9.78 Å². The smallest absolute Gasteiger partial charge is 0.255 e. The standard InChI is InChI=1S/C15H15N3O2/c16-12-5-7-17-9-11(12)15(19)18-13-6-8-20-14-4-2-1-3-10(13)14/h1-5,7,9,13H,6,8H2,(H2,16,17)(H,18,19). The van der Waals surface area contributed by atoms with Gasteiger partial charge in [-0.2, -0.15) is 0 Å². The van der Waals surface area contributed by atoms with E-state index in [2.05, 4.69) is 10.3 Å². The number of aromatic nitrogens is 1. The quantitative estimate of drug-likeness (QED) is 0.873. The van der Waals surface area contributed by atoms with Gasteiger partial charge in [-0.1, -0.05) is 18.2 Å². The van der Waals surface area contributed by atoms with Crippen LogP contribution in [-0.4, -0.2) is 17.5 Å². The van der Waals surface area contributed by atoms with Crippen molar-refractivity contribution >= 4 is 11.6 Å². The van der Waals surface area contributed by atoms with Crippen molar-refractivity contribution in [1.29, 1.82) is 0 Å². The SMILES string of the molecule is Nc1ccncc1C(=O)NC1CCOc2ccccc21. The fraction of sp³-hybridized carbons (Fsp3) is 0.200. The molecule has 0 radical (unpaired) electrons. The number of pyridine rings is 1. The van der Waals surface area contributed by atoms with Crippen LogP contribution in [-0.2, 0) is 0 Å². The molecule has 1 aliphatic rings. The number of carbonyl (C=O) groups excluding carboxylic acids is 1. The summed E-state index contributed by atoms with van der Waals surface area (Å²) in [5, 5.41) is 2.99. The lowest BCUT2D eigenvalue weighted by atomic mass is 10.00. The van der Waals surface area contributed by atoms with Gasteiger partial charge in [0, 0.05) is 30.1 Å². The Balaban J connectivity index is 1.83. The summed E-state index contributed by atoms with van der Waals surface area (Å²) in [5.74, 6) is 0.612. The Morgan fingerprint density at radius 3 is 3.05 bits per heavy atom. The molecule has 0 saturated heterocycles. The highest BCUT2D eigenvalue weighted by Gasteiger charge is 2.23. The molecule has 5 heteroatoms. The van der Waals surface area contributed by atoms with Crippen molar-refractivity contribution in [2.24, 2.45) is 0 Å². The number of nitrogens with two attached hydrogens (primary N) is 1. The second kappa shape index (κ2) is 5.21. The number of ether oxygens (including phenoxy) is 1. The first-order chi connectivity index (χ1) is 9.75. The molecule has 102 valence electrons. The van der Waals surface area contributed by atoms with E-state index in [9.17, 15) is 4.79 Å². The number of nitrogens with zero attached hydrogens (tertiary/aromatic N) is 1. The van der Waals surface area contributed by atoms with Crippen LogP contribution in [0.1, 0.15) is 28.4 Å². The molecule has 2 heterocycles. The molecule has 5 nitrogen and oxygen atoms in total. The molecule has 1 atom stereocenters. The van der Waals surface area contributed by atoms with E-state index in [0.29, 0.717) is 17.9 Å². The molecule has 1 aliphatic heterocycles. The molecule has 1 aromatic carbocycles. The molecule has 3 rings (SSSR count). The number of rotatable bonds is 2. The van der Waals surface area contributed by atoms with Crippen LogP contribution in [0.15, 0.2) is 42.7 Å². The van der Waals surface area contributed by atoms with Crippen LogP contribution in [0.5, 0.6) is 5.75 Å². The molecule has 1 unspecified atom stereocenters. The number of nitrogen functional groups attached to an aromatic ring is 1. The van der Waals surface area contributed by atoms with E-state index in [0.717, 1.165) is 17.7 Å². The van der Waals surface area contributed by atoms with E-state index in [-0.39, 0.29) is 11.9 Å².